The molecule has 0 saturated heterocycles. The molecule has 62 valence electrons. The summed E-state index contributed by atoms with van der Waals surface area (Å²) in [6, 6.07) is 0. The third-order valence-corrected chi connectivity index (χ3v) is 1.69. The monoisotopic (exact) mass is 191 g/mol. The summed E-state index contributed by atoms with van der Waals surface area (Å²) in [6.45, 7) is 3.93. The number of allylic oxidation sites excluding steroid dienone is 3. The van der Waals surface area contributed by atoms with Crippen LogP contribution < -0.4 is 5.73 Å². The third kappa shape index (κ3) is 4.25. The van der Waals surface area contributed by atoms with Crippen LogP contribution in [0.25, 0.3) is 0 Å². The molecule has 0 fully saturated rings. The molecule has 0 aromatic carbocycles. The summed E-state index contributed by atoms with van der Waals surface area (Å²) < 4.78 is 0. The molecule has 0 amide bonds. The minimum atomic E-state index is 0.401. The molecule has 0 rings (SSSR count). The second kappa shape index (κ2) is 6.47. The van der Waals surface area contributed by atoms with Gasteiger partial charge in [-0.05, 0) is 5.57 Å². The Balaban J connectivity index is 4.38. The van der Waals surface area contributed by atoms with E-state index in [0.29, 0.717) is 17.5 Å². The maximum absolute atomic E-state index is 5.75. The van der Waals surface area contributed by atoms with Gasteiger partial charge >= 0.3 is 0 Å². The number of hydrogen-bond donors (Lipinski definition) is 1. The Bertz CT molecular complexity index is 183. The van der Waals surface area contributed by atoms with Gasteiger partial charge in [-0.15, -0.1) is 11.6 Å². The molecule has 0 heterocycles. The molecule has 0 spiro atoms. The Morgan fingerprint density at radius 1 is 1.55 bits per heavy atom. The highest BCUT2D eigenvalue weighted by molar-refractivity contribution is 6.31. The van der Waals surface area contributed by atoms with E-state index in [1.54, 1.807) is 18.2 Å². The number of rotatable bonds is 4. The third-order valence-electron chi connectivity index (χ3n) is 1.11. The summed E-state index contributed by atoms with van der Waals surface area (Å²) in [5, 5.41) is 0.578. The average Bonchev–Trinajstić information content (AvgIpc) is 2.05. The Morgan fingerprint density at radius 2 is 2.18 bits per heavy atom. The van der Waals surface area contributed by atoms with Gasteiger partial charge in [0.25, 0.3) is 0 Å². The van der Waals surface area contributed by atoms with Crippen LogP contribution in [0.15, 0.2) is 35.4 Å². The summed E-state index contributed by atoms with van der Waals surface area (Å²) >= 11 is 11.2. The van der Waals surface area contributed by atoms with Crippen LogP contribution in [0.5, 0.6) is 0 Å². The molecule has 1 nitrogen and oxygen atoms in total. The van der Waals surface area contributed by atoms with Gasteiger partial charge in [0.1, 0.15) is 0 Å². The molecule has 2 N–H and O–H groups in total. The van der Waals surface area contributed by atoms with Crippen molar-refractivity contribution in [3.05, 3.63) is 35.4 Å². The normalized spacial score (nSPS) is 13.4. The largest absolute Gasteiger partial charge is 0.326 e. The highest BCUT2D eigenvalue weighted by atomic mass is 35.5. The van der Waals surface area contributed by atoms with E-state index in [-0.39, 0.29) is 0 Å². The standard InChI is InChI=1S/C8H11Cl2N/c1-2-8(10)7(6-11)4-3-5-9/h2-4H,1,5-6,11H2/b4-3-,8-7-. The molecule has 0 aromatic rings. The molecule has 0 unspecified atom stereocenters. The molecule has 0 bridgehead atoms. The fourth-order valence-corrected chi connectivity index (χ4v) is 0.792. The quantitative estimate of drug-likeness (QED) is 0.537. The highest BCUT2D eigenvalue weighted by Crippen LogP contribution is 2.10. The van der Waals surface area contributed by atoms with Gasteiger partial charge in [-0.3, -0.25) is 0 Å². The van der Waals surface area contributed by atoms with Gasteiger partial charge in [0, 0.05) is 17.5 Å². The van der Waals surface area contributed by atoms with E-state index in [0.717, 1.165) is 5.57 Å². The maximum Gasteiger partial charge on any atom is 0.0444 e. The van der Waals surface area contributed by atoms with E-state index in [9.17, 15) is 0 Å². The van der Waals surface area contributed by atoms with Gasteiger partial charge in [-0.25, -0.2) is 0 Å². The summed E-state index contributed by atoms with van der Waals surface area (Å²) in [4.78, 5) is 0. The van der Waals surface area contributed by atoms with Crippen molar-refractivity contribution in [2.24, 2.45) is 5.73 Å². The van der Waals surface area contributed by atoms with Gasteiger partial charge in [-0.2, -0.15) is 0 Å². The van der Waals surface area contributed by atoms with Gasteiger partial charge in [-0.1, -0.05) is 36.4 Å². The van der Waals surface area contributed by atoms with Crippen LogP contribution in [0.1, 0.15) is 0 Å². The smallest absolute Gasteiger partial charge is 0.0444 e. The second-order valence-corrected chi connectivity index (χ2v) is 2.55. The van der Waals surface area contributed by atoms with Crippen LogP contribution >= 0.6 is 23.2 Å². The molecular weight excluding hydrogens is 181 g/mol. The van der Waals surface area contributed by atoms with Crippen LogP contribution in [0, 0.1) is 0 Å². The van der Waals surface area contributed by atoms with Crippen LogP contribution in [-0.4, -0.2) is 12.4 Å². The van der Waals surface area contributed by atoms with E-state index < -0.39 is 0 Å². The van der Waals surface area contributed by atoms with Crippen molar-refractivity contribution in [3.8, 4) is 0 Å². The van der Waals surface area contributed by atoms with Crippen molar-refractivity contribution in [2.45, 2.75) is 0 Å². The Kier molecular flexibility index (Phi) is 6.33. The number of nitrogens with two attached hydrogens (primary N) is 1. The fraction of sp³-hybridized carbons (Fsp3) is 0.250. The molecule has 0 radical (unpaired) electrons. The lowest BCUT2D eigenvalue weighted by atomic mass is 10.2. The maximum atomic E-state index is 5.75. The van der Waals surface area contributed by atoms with E-state index in [4.69, 9.17) is 28.9 Å². The zero-order chi connectivity index (χ0) is 8.69. The fourth-order valence-electron chi connectivity index (χ4n) is 0.563. The Hall–Kier alpha value is -0.240. The Labute approximate surface area is 77.2 Å². The van der Waals surface area contributed by atoms with Crippen molar-refractivity contribution in [3.63, 3.8) is 0 Å². The van der Waals surface area contributed by atoms with Crippen LogP contribution in [0.3, 0.4) is 0 Å². The van der Waals surface area contributed by atoms with Gasteiger partial charge in [0.15, 0.2) is 0 Å². The molecule has 0 saturated carbocycles. The highest BCUT2D eigenvalue weighted by Gasteiger charge is 1.93. The lowest BCUT2D eigenvalue weighted by molar-refractivity contribution is 1.18. The van der Waals surface area contributed by atoms with Crippen molar-refractivity contribution in [1.29, 1.82) is 0 Å². The topological polar surface area (TPSA) is 26.0 Å². The van der Waals surface area contributed by atoms with E-state index >= 15 is 0 Å². The molecule has 0 aliphatic heterocycles. The van der Waals surface area contributed by atoms with E-state index in [1.165, 1.54) is 0 Å². The first-order valence-electron chi connectivity index (χ1n) is 3.20. The average molecular weight is 192 g/mol. The summed E-state index contributed by atoms with van der Waals surface area (Å²) in [5.41, 5.74) is 6.25. The summed E-state index contributed by atoms with van der Waals surface area (Å²) in [6.07, 6.45) is 5.15. The van der Waals surface area contributed by atoms with Crippen LogP contribution in [-0.2, 0) is 0 Å². The van der Waals surface area contributed by atoms with Crippen molar-refractivity contribution in [2.75, 3.05) is 12.4 Å². The van der Waals surface area contributed by atoms with Gasteiger partial charge < -0.3 is 5.73 Å². The van der Waals surface area contributed by atoms with Crippen molar-refractivity contribution in [1.82, 2.24) is 0 Å². The molecule has 0 aliphatic rings. The zero-order valence-electron chi connectivity index (χ0n) is 6.19. The first kappa shape index (κ1) is 10.8. The van der Waals surface area contributed by atoms with Gasteiger partial charge in [0.05, 0.1) is 0 Å². The molecule has 0 aliphatic carbocycles. The van der Waals surface area contributed by atoms with Crippen molar-refractivity contribution >= 4 is 23.2 Å². The number of hydrogen-bond acceptors (Lipinski definition) is 1. The van der Waals surface area contributed by atoms with E-state index in [2.05, 4.69) is 6.58 Å². The van der Waals surface area contributed by atoms with Crippen LogP contribution in [0.2, 0.25) is 0 Å². The minimum Gasteiger partial charge on any atom is -0.326 e. The molecule has 11 heavy (non-hydrogen) atoms. The predicted molar refractivity (Wildman–Crippen MR) is 52.0 cm³/mol. The van der Waals surface area contributed by atoms with Gasteiger partial charge in [0.2, 0.25) is 0 Å². The minimum absolute atomic E-state index is 0.401. The Morgan fingerprint density at radius 3 is 2.55 bits per heavy atom. The number of alkyl halides is 1. The molecule has 0 aromatic heterocycles. The van der Waals surface area contributed by atoms with Crippen molar-refractivity contribution < 1.29 is 0 Å². The van der Waals surface area contributed by atoms with Crippen LogP contribution in [0.4, 0.5) is 0 Å². The second-order valence-electron chi connectivity index (χ2n) is 1.84. The SMILES string of the molecule is C=C/C(Cl)=C(\C=C/CCl)CN. The molecule has 0 atom stereocenters. The molecular formula is C8H11Cl2N. The first-order valence-corrected chi connectivity index (χ1v) is 4.11. The predicted octanol–water partition coefficient (Wildman–Crippen LogP) is 2.42. The lowest BCUT2D eigenvalue weighted by Gasteiger charge is -1.97. The lowest BCUT2D eigenvalue weighted by Crippen LogP contribution is -2.01. The number of halogens is 2. The summed E-state index contributed by atoms with van der Waals surface area (Å²) in [5.74, 6) is 0.463. The zero-order valence-corrected chi connectivity index (χ0v) is 7.70. The molecule has 3 heteroatoms. The first-order chi connectivity index (χ1) is 5.26. The van der Waals surface area contributed by atoms with E-state index in [1.807, 2.05) is 0 Å². The summed E-state index contributed by atoms with van der Waals surface area (Å²) in [7, 11) is 0.